The normalized spacial score (nSPS) is 17.4. The number of pyridine rings is 2. The van der Waals surface area contributed by atoms with Crippen LogP contribution in [0.2, 0.25) is 0 Å². The summed E-state index contributed by atoms with van der Waals surface area (Å²) in [5.74, 6) is -0.998. The van der Waals surface area contributed by atoms with E-state index in [9.17, 15) is 19.2 Å². The molecule has 2 fully saturated rings. The molecule has 1 saturated heterocycles. The zero-order valence-corrected chi connectivity index (χ0v) is 23.4. The van der Waals surface area contributed by atoms with Crippen molar-refractivity contribution in [3.05, 3.63) is 90.0 Å². The number of amides is 4. The van der Waals surface area contributed by atoms with Crippen LogP contribution >= 0.6 is 0 Å². The first kappa shape index (κ1) is 26.6. The standard InChI is InChI=1S/C32H28N6O5/c1-34-30(42)43-32(12-13-32)29(41)37-17-31(18-37)22-8-4-5-9-25(22)38(28(31)40)16-24-26(20-10-11-23(27(33)39)35-15-20)21-7-3-2-6-19(21)14-36-24/h2-11,14-15H,12-13,16-18H2,1H3,(H2,33,39)(H,34,42). The first-order valence-corrected chi connectivity index (χ1v) is 14.0. The highest BCUT2D eigenvalue weighted by atomic mass is 16.6. The number of aromatic nitrogens is 2. The molecule has 0 atom stereocenters. The van der Waals surface area contributed by atoms with Crippen LogP contribution in [-0.2, 0) is 26.3 Å². The molecule has 1 aliphatic carbocycles. The number of alkyl carbamates (subject to hydrolysis) is 1. The second kappa shape index (κ2) is 9.62. The quantitative estimate of drug-likeness (QED) is 0.359. The van der Waals surface area contributed by atoms with E-state index in [1.807, 2.05) is 48.5 Å². The molecule has 1 spiro atoms. The van der Waals surface area contributed by atoms with Gasteiger partial charge in [0.25, 0.3) is 11.8 Å². The van der Waals surface area contributed by atoms with Crippen molar-refractivity contribution in [2.45, 2.75) is 30.4 Å². The van der Waals surface area contributed by atoms with Crippen molar-refractivity contribution in [3.63, 3.8) is 0 Å². The van der Waals surface area contributed by atoms with Crippen molar-refractivity contribution in [2.75, 3.05) is 25.0 Å². The first-order chi connectivity index (χ1) is 20.8. The Kier molecular flexibility index (Phi) is 5.94. The number of likely N-dealkylation sites (tertiary alicyclic amines) is 1. The van der Waals surface area contributed by atoms with Gasteiger partial charge in [-0.25, -0.2) is 4.79 Å². The van der Waals surface area contributed by atoms with E-state index in [1.165, 1.54) is 7.05 Å². The zero-order valence-electron chi connectivity index (χ0n) is 23.4. The number of anilines is 1. The number of nitrogens with two attached hydrogens (primary N) is 1. The van der Waals surface area contributed by atoms with E-state index >= 15 is 0 Å². The van der Waals surface area contributed by atoms with E-state index in [2.05, 4.69) is 10.3 Å². The van der Waals surface area contributed by atoms with Crippen LogP contribution in [0.5, 0.6) is 0 Å². The highest BCUT2D eigenvalue weighted by Crippen LogP contribution is 2.51. The molecule has 0 bridgehead atoms. The number of carbonyl (C=O) groups excluding carboxylic acids is 4. The van der Waals surface area contributed by atoms with Crippen LogP contribution in [0.4, 0.5) is 10.5 Å². The van der Waals surface area contributed by atoms with E-state index in [1.54, 1.807) is 34.3 Å². The molecular weight excluding hydrogens is 548 g/mol. The number of benzene rings is 2. The number of rotatable bonds is 6. The Hall–Kier alpha value is -5.32. The number of hydrogen-bond acceptors (Lipinski definition) is 7. The van der Waals surface area contributed by atoms with Crippen LogP contribution in [-0.4, -0.2) is 64.4 Å². The van der Waals surface area contributed by atoms with Crippen molar-refractivity contribution < 1.29 is 23.9 Å². The van der Waals surface area contributed by atoms with Gasteiger partial charge in [-0.15, -0.1) is 0 Å². The topological polar surface area (TPSA) is 148 Å². The van der Waals surface area contributed by atoms with Crippen molar-refractivity contribution in [1.29, 1.82) is 0 Å². The third kappa shape index (κ3) is 4.10. The summed E-state index contributed by atoms with van der Waals surface area (Å²) in [4.78, 5) is 63.5. The molecule has 3 aliphatic rings. The van der Waals surface area contributed by atoms with Crippen LogP contribution in [0.25, 0.3) is 21.9 Å². The Balaban J connectivity index is 1.22. The molecule has 43 heavy (non-hydrogen) atoms. The number of hydrogen-bond donors (Lipinski definition) is 2. The van der Waals surface area contributed by atoms with Gasteiger partial charge in [0.15, 0.2) is 5.60 Å². The third-order valence-corrected chi connectivity index (χ3v) is 8.65. The molecule has 0 radical (unpaired) electrons. The average Bonchev–Trinajstić information content (AvgIpc) is 3.74. The summed E-state index contributed by atoms with van der Waals surface area (Å²) in [6.07, 6.45) is 3.66. The number of para-hydroxylation sites is 1. The highest BCUT2D eigenvalue weighted by molar-refractivity contribution is 6.11. The van der Waals surface area contributed by atoms with E-state index in [-0.39, 0.29) is 37.1 Å². The number of nitrogens with one attached hydrogen (secondary N) is 1. The summed E-state index contributed by atoms with van der Waals surface area (Å²) in [7, 11) is 1.45. The van der Waals surface area contributed by atoms with Crippen LogP contribution < -0.4 is 16.0 Å². The van der Waals surface area contributed by atoms with Crippen molar-refractivity contribution in [1.82, 2.24) is 20.2 Å². The summed E-state index contributed by atoms with van der Waals surface area (Å²) in [5, 5.41) is 4.26. The monoisotopic (exact) mass is 576 g/mol. The predicted molar refractivity (Wildman–Crippen MR) is 157 cm³/mol. The summed E-state index contributed by atoms with van der Waals surface area (Å²) in [6.45, 7) is 0.591. The second-order valence-corrected chi connectivity index (χ2v) is 11.2. The second-order valence-electron chi connectivity index (χ2n) is 11.2. The molecule has 4 heterocycles. The lowest BCUT2D eigenvalue weighted by Crippen LogP contribution is -2.67. The molecule has 7 rings (SSSR count). The van der Waals surface area contributed by atoms with Crippen LogP contribution in [0.1, 0.15) is 34.6 Å². The van der Waals surface area contributed by atoms with Gasteiger partial charge in [0.1, 0.15) is 11.1 Å². The largest absolute Gasteiger partial charge is 0.433 e. The Morgan fingerprint density at radius 3 is 2.42 bits per heavy atom. The van der Waals surface area contributed by atoms with Crippen molar-refractivity contribution >= 4 is 40.3 Å². The molecule has 2 aromatic heterocycles. The van der Waals surface area contributed by atoms with Crippen LogP contribution in [0.3, 0.4) is 0 Å². The third-order valence-electron chi connectivity index (χ3n) is 8.65. The maximum atomic E-state index is 14.3. The SMILES string of the molecule is CNC(=O)OC1(C(=O)N2CC3(C2)C(=O)N(Cc2ncc4ccccc4c2-c2ccc(C(N)=O)nc2)c2ccccc23)CC1. The number of ether oxygens (including phenoxy) is 1. The molecule has 11 nitrogen and oxygen atoms in total. The molecule has 2 aliphatic heterocycles. The highest BCUT2D eigenvalue weighted by Gasteiger charge is 2.64. The van der Waals surface area contributed by atoms with Gasteiger partial charge in [-0.2, -0.15) is 0 Å². The van der Waals surface area contributed by atoms with Gasteiger partial charge < -0.3 is 25.6 Å². The minimum Gasteiger partial charge on any atom is -0.433 e. The Morgan fingerprint density at radius 1 is 0.977 bits per heavy atom. The zero-order chi connectivity index (χ0) is 29.9. The van der Waals surface area contributed by atoms with Gasteiger partial charge in [-0.05, 0) is 23.1 Å². The first-order valence-electron chi connectivity index (χ1n) is 14.0. The lowest BCUT2D eigenvalue weighted by atomic mass is 9.74. The van der Waals surface area contributed by atoms with E-state index < -0.39 is 23.0 Å². The maximum Gasteiger partial charge on any atom is 0.407 e. The number of carbonyl (C=O) groups is 4. The molecule has 4 amide bonds. The number of primary amides is 1. The molecule has 216 valence electrons. The summed E-state index contributed by atoms with van der Waals surface area (Å²) in [5.41, 5.74) is 7.36. The van der Waals surface area contributed by atoms with Gasteiger partial charge in [0.05, 0.1) is 12.2 Å². The van der Waals surface area contributed by atoms with Gasteiger partial charge in [0, 0.05) is 67.6 Å². The molecular formula is C32H28N6O5. The molecule has 4 aromatic rings. The van der Waals surface area contributed by atoms with Gasteiger partial charge in [0.2, 0.25) is 5.91 Å². The number of nitrogens with zero attached hydrogens (tertiary/aromatic N) is 4. The summed E-state index contributed by atoms with van der Waals surface area (Å²) in [6, 6.07) is 18.8. The Bertz CT molecular complexity index is 1830. The lowest BCUT2D eigenvalue weighted by molar-refractivity contribution is -0.153. The fourth-order valence-electron chi connectivity index (χ4n) is 6.28. The van der Waals surface area contributed by atoms with Crippen molar-refractivity contribution in [3.8, 4) is 11.1 Å². The van der Waals surface area contributed by atoms with E-state index in [0.717, 1.165) is 33.2 Å². The fraction of sp³-hybridized carbons (Fsp3) is 0.250. The average molecular weight is 577 g/mol. The van der Waals surface area contributed by atoms with Crippen LogP contribution in [0.15, 0.2) is 73.1 Å². The molecule has 1 saturated carbocycles. The molecule has 11 heteroatoms. The lowest BCUT2D eigenvalue weighted by Gasteiger charge is -2.47. The molecule has 0 unspecified atom stereocenters. The Morgan fingerprint density at radius 2 is 1.72 bits per heavy atom. The number of fused-ring (bicyclic) bond motifs is 3. The minimum absolute atomic E-state index is 0.113. The van der Waals surface area contributed by atoms with Gasteiger partial charge >= 0.3 is 6.09 Å². The fourth-order valence-corrected chi connectivity index (χ4v) is 6.28. The van der Waals surface area contributed by atoms with E-state index in [4.69, 9.17) is 15.5 Å². The summed E-state index contributed by atoms with van der Waals surface area (Å²) < 4.78 is 5.40. The van der Waals surface area contributed by atoms with E-state index in [0.29, 0.717) is 18.5 Å². The van der Waals surface area contributed by atoms with Crippen molar-refractivity contribution in [2.24, 2.45) is 5.73 Å². The maximum absolute atomic E-state index is 14.3. The van der Waals surface area contributed by atoms with Gasteiger partial charge in [-0.1, -0.05) is 48.5 Å². The van der Waals surface area contributed by atoms with Gasteiger partial charge in [-0.3, -0.25) is 24.4 Å². The Labute approximate surface area is 246 Å². The summed E-state index contributed by atoms with van der Waals surface area (Å²) >= 11 is 0. The molecule has 2 aromatic carbocycles. The van der Waals surface area contributed by atoms with Crippen LogP contribution in [0, 0.1) is 0 Å². The predicted octanol–water partition coefficient (Wildman–Crippen LogP) is 2.91. The smallest absolute Gasteiger partial charge is 0.407 e. The minimum atomic E-state index is -1.15. The molecule has 3 N–H and O–H groups in total.